The number of aliphatic carboxylic acids is 1. The van der Waals surface area contributed by atoms with Crippen LogP contribution < -0.4 is 5.32 Å². The average Bonchev–Trinajstić information content (AvgIpc) is 3.31. The molecule has 0 aliphatic heterocycles. The van der Waals surface area contributed by atoms with Crippen molar-refractivity contribution in [2.75, 3.05) is 5.32 Å². The number of thiazole rings is 1. The van der Waals surface area contributed by atoms with Crippen LogP contribution in [0.5, 0.6) is 5.88 Å². The van der Waals surface area contributed by atoms with Crippen LogP contribution in [0.3, 0.4) is 0 Å². The number of rotatable bonds is 6. The zero-order chi connectivity index (χ0) is 27.5. The zero-order valence-electron chi connectivity index (χ0n) is 18.9. The van der Waals surface area contributed by atoms with Gasteiger partial charge in [-0.25, -0.2) is 4.79 Å². The Morgan fingerprint density at radius 2 is 1.82 bits per heavy atom. The predicted octanol–water partition coefficient (Wildman–Crippen LogP) is 6.38. The lowest BCUT2D eigenvalue weighted by Crippen LogP contribution is -2.31. The largest absolute Gasteiger partial charge is 0.492 e. The Kier molecular flexibility index (Phi) is 5.89. The first kappa shape index (κ1) is 25.6. The molecule has 7 nitrogen and oxygen atoms in total. The lowest BCUT2D eigenvalue weighted by molar-refractivity contribution is -0.143. The molecule has 1 aliphatic carbocycles. The molecule has 38 heavy (non-hydrogen) atoms. The van der Waals surface area contributed by atoms with Crippen LogP contribution in [-0.4, -0.2) is 36.9 Å². The molecule has 0 amide bonds. The highest BCUT2D eigenvalue weighted by atomic mass is 32.1. The number of benzene rings is 2. The highest BCUT2D eigenvalue weighted by Gasteiger charge is 2.51. The number of hydrogen-bond donors (Lipinski definition) is 4. The highest BCUT2D eigenvalue weighted by Crippen LogP contribution is 2.45. The molecule has 4 aromatic rings. The van der Waals surface area contributed by atoms with Gasteiger partial charge in [-0.2, -0.15) is 36.4 Å². The Labute approximate surface area is 213 Å². The van der Waals surface area contributed by atoms with E-state index >= 15 is 0 Å². The summed E-state index contributed by atoms with van der Waals surface area (Å²) in [5.41, 5.74) is -3.83. The number of nitrogens with one attached hydrogen (secondary N) is 2. The van der Waals surface area contributed by atoms with Crippen molar-refractivity contribution in [2.45, 2.75) is 30.7 Å². The molecule has 0 bridgehead atoms. The molecular formula is C24H16F6N4O3S. The summed E-state index contributed by atoms with van der Waals surface area (Å²) in [6.07, 6.45) is -6.98. The van der Waals surface area contributed by atoms with Crippen molar-refractivity contribution in [3.8, 4) is 5.88 Å². The van der Waals surface area contributed by atoms with Gasteiger partial charge in [0.05, 0.1) is 22.8 Å². The standard InChI is InChI=1S/C24H16F6N4O3S/c25-23(26,27)14-3-1-12(16(9-14)24(28,29)30)8-15(11-2-4-17-13(7-11)10-31-34-17)18-19(35)32-21(38-18)33-22(5-6-22)20(36)37/h1-4,7-10,35H,5-6H2,(H,31,34)(H,32,33)(H,36,37). The summed E-state index contributed by atoms with van der Waals surface area (Å²) in [5, 5.41) is 30.1. The number of anilines is 1. The van der Waals surface area contributed by atoms with Crippen LogP contribution in [0.15, 0.2) is 42.6 Å². The number of carbonyl (C=O) groups is 1. The van der Waals surface area contributed by atoms with Crippen LogP contribution in [0, 0.1) is 0 Å². The molecule has 1 saturated carbocycles. The second-order valence-corrected chi connectivity index (χ2v) is 9.71. The normalized spacial score (nSPS) is 15.6. The number of carboxylic acid groups (broad SMARTS) is 1. The molecule has 2 heterocycles. The van der Waals surface area contributed by atoms with Gasteiger partial charge in [0, 0.05) is 11.0 Å². The minimum atomic E-state index is -5.12. The summed E-state index contributed by atoms with van der Waals surface area (Å²) in [6.45, 7) is 0. The molecule has 0 radical (unpaired) electrons. The van der Waals surface area contributed by atoms with E-state index < -0.39 is 46.4 Å². The molecule has 2 aromatic heterocycles. The van der Waals surface area contributed by atoms with Gasteiger partial charge in [0.1, 0.15) is 10.4 Å². The summed E-state index contributed by atoms with van der Waals surface area (Å²) in [6, 6.07) is 6.00. The maximum Gasteiger partial charge on any atom is 0.417 e. The minimum absolute atomic E-state index is 0.00967. The Balaban J connectivity index is 1.68. The van der Waals surface area contributed by atoms with E-state index in [1.54, 1.807) is 12.1 Å². The molecule has 2 aromatic carbocycles. The van der Waals surface area contributed by atoms with Crippen LogP contribution in [0.2, 0.25) is 0 Å². The van der Waals surface area contributed by atoms with Gasteiger partial charge in [-0.3, -0.25) is 5.10 Å². The van der Waals surface area contributed by atoms with Crippen LogP contribution >= 0.6 is 11.3 Å². The Hall–Kier alpha value is -4.07. The molecule has 0 spiro atoms. The van der Waals surface area contributed by atoms with Gasteiger partial charge in [-0.15, -0.1) is 0 Å². The third kappa shape index (κ3) is 4.78. The van der Waals surface area contributed by atoms with Crippen molar-refractivity contribution in [1.82, 2.24) is 15.2 Å². The van der Waals surface area contributed by atoms with Crippen molar-refractivity contribution >= 4 is 45.0 Å². The second-order valence-electron chi connectivity index (χ2n) is 8.71. The molecule has 1 aliphatic rings. The van der Waals surface area contributed by atoms with Crippen molar-refractivity contribution < 1.29 is 41.4 Å². The van der Waals surface area contributed by atoms with E-state index in [1.807, 2.05) is 0 Å². The van der Waals surface area contributed by atoms with Gasteiger partial charge >= 0.3 is 18.3 Å². The van der Waals surface area contributed by atoms with Crippen LogP contribution in [0.4, 0.5) is 31.5 Å². The SMILES string of the molecule is O=C(O)C1(Nc2nc(O)c(C(=Cc3ccc(C(F)(F)F)cc3C(F)(F)F)c3ccc4[nH]ncc4c3)s2)CC1. The number of alkyl halides is 6. The fourth-order valence-electron chi connectivity index (χ4n) is 3.91. The van der Waals surface area contributed by atoms with Crippen molar-refractivity contribution in [2.24, 2.45) is 0 Å². The van der Waals surface area contributed by atoms with Gasteiger partial charge in [0.2, 0.25) is 5.88 Å². The Morgan fingerprint density at radius 1 is 1.08 bits per heavy atom. The number of aromatic nitrogens is 3. The number of fused-ring (bicyclic) bond motifs is 1. The van der Waals surface area contributed by atoms with Crippen LogP contribution in [0.25, 0.3) is 22.6 Å². The molecule has 1 fully saturated rings. The quantitative estimate of drug-likeness (QED) is 0.163. The fraction of sp³-hybridized carbons (Fsp3) is 0.208. The summed E-state index contributed by atoms with van der Waals surface area (Å²) >= 11 is 0.806. The predicted molar refractivity (Wildman–Crippen MR) is 127 cm³/mol. The maximum atomic E-state index is 13.9. The highest BCUT2D eigenvalue weighted by molar-refractivity contribution is 7.17. The Morgan fingerprint density at radius 3 is 2.45 bits per heavy atom. The molecule has 0 atom stereocenters. The topological polar surface area (TPSA) is 111 Å². The van der Waals surface area contributed by atoms with Crippen LogP contribution in [0.1, 0.15) is 40.0 Å². The van der Waals surface area contributed by atoms with Crippen LogP contribution in [-0.2, 0) is 17.1 Å². The summed E-state index contributed by atoms with van der Waals surface area (Å²) in [4.78, 5) is 15.5. The maximum absolute atomic E-state index is 13.9. The van der Waals surface area contributed by atoms with E-state index in [0.29, 0.717) is 41.4 Å². The molecule has 198 valence electrons. The number of H-pyrrole nitrogens is 1. The first-order valence-corrected chi connectivity index (χ1v) is 11.7. The minimum Gasteiger partial charge on any atom is -0.492 e. The molecule has 14 heteroatoms. The monoisotopic (exact) mass is 554 g/mol. The molecule has 0 saturated heterocycles. The van der Waals surface area contributed by atoms with Gasteiger partial charge < -0.3 is 15.5 Å². The summed E-state index contributed by atoms with van der Waals surface area (Å²) in [5.74, 6) is -1.70. The Bertz CT molecular complexity index is 1580. The smallest absolute Gasteiger partial charge is 0.417 e. The third-order valence-electron chi connectivity index (χ3n) is 6.10. The second kappa shape index (κ2) is 8.75. The fourth-order valence-corrected chi connectivity index (χ4v) is 4.91. The van der Waals surface area contributed by atoms with Gasteiger partial charge in [-0.1, -0.05) is 23.5 Å². The third-order valence-corrected chi connectivity index (χ3v) is 7.09. The van der Waals surface area contributed by atoms with Gasteiger partial charge in [0.15, 0.2) is 5.13 Å². The van der Waals surface area contributed by atoms with E-state index in [9.17, 15) is 41.4 Å². The summed E-state index contributed by atoms with van der Waals surface area (Å²) in [7, 11) is 0. The lowest BCUT2D eigenvalue weighted by atomic mass is 9.96. The van der Waals surface area contributed by atoms with E-state index in [-0.39, 0.29) is 21.6 Å². The zero-order valence-corrected chi connectivity index (χ0v) is 19.7. The van der Waals surface area contributed by atoms with Crippen molar-refractivity contribution in [3.63, 3.8) is 0 Å². The number of aromatic hydroxyl groups is 1. The number of halogens is 6. The molecule has 0 unspecified atom stereocenters. The van der Waals surface area contributed by atoms with Crippen molar-refractivity contribution in [3.05, 3.63) is 69.7 Å². The lowest BCUT2D eigenvalue weighted by Gasteiger charge is -2.15. The molecular weight excluding hydrogens is 538 g/mol. The van der Waals surface area contributed by atoms with Gasteiger partial charge in [-0.05, 0) is 54.3 Å². The van der Waals surface area contributed by atoms with E-state index in [2.05, 4.69) is 20.5 Å². The first-order valence-electron chi connectivity index (χ1n) is 10.9. The molecule has 5 rings (SSSR count). The number of carboxylic acids is 1. The van der Waals surface area contributed by atoms with E-state index in [1.165, 1.54) is 12.3 Å². The van der Waals surface area contributed by atoms with E-state index in [4.69, 9.17) is 0 Å². The number of aromatic amines is 1. The number of nitrogens with zero attached hydrogens (tertiary/aromatic N) is 2. The van der Waals surface area contributed by atoms with E-state index in [0.717, 1.165) is 17.4 Å². The van der Waals surface area contributed by atoms with Gasteiger partial charge in [0.25, 0.3) is 0 Å². The first-order chi connectivity index (χ1) is 17.8. The number of hydrogen-bond acceptors (Lipinski definition) is 6. The van der Waals surface area contributed by atoms with Crippen molar-refractivity contribution in [1.29, 1.82) is 0 Å². The average molecular weight is 554 g/mol. The molecule has 4 N–H and O–H groups in total. The summed E-state index contributed by atoms with van der Waals surface area (Å²) < 4.78 is 81.1.